The predicted molar refractivity (Wildman–Crippen MR) is 50.6 cm³/mol. The van der Waals surface area contributed by atoms with Gasteiger partial charge in [0.25, 0.3) is 6.43 Å². The van der Waals surface area contributed by atoms with Crippen LogP contribution in [-0.2, 0) is 6.54 Å². The molecule has 1 aromatic rings. The fraction of sp³-hybridized carbons (Fsp3) is 0.400. The number of methoxy groups -OCH3 is 1. The second kappa shape index (κ2) is 4.37. The summed E-state index contributed by atoms with van der Waals surface area (Å²) in [7, 11) is 1.37. The predicted octanol–water partition coefficient (Wildman–Crippen LogP) is 2.40. The minimum atomic E-state index is -2.53. The van der Waals surface area contributed by atoms with Crippen molar-refractivity contribution in [2.45, 2.75) is 19.9 Å². The average molecular weight is 201 g/mol. The second-order valence-electron chi connectivity index (χ2n) is 2.99. The summed E-state index contributed by atoms with van der Waals surface area (Å²) in [6.07, 6.45) is -2.53. The normalized spacial score (nSPS) is 10.7. The molecule has 0 atom stereocenters. The highest BCUT2D eigenvalue weighted by atomic mass is 19.3. The molecule has 0 aliphatic heterocycles. The van der Waals surface area contributed by atoms with E-state index in [-0.39, 0.29) is 17.9 Å². The van der Waals surface area contributed by atoms with Crippen LogP contribution in [0.1, 0.15) is 23.1 Å². The van der Waals surface area contributed by atoms with Gasteiger partial charge < -0.3 is 10.5 Å². The first-order valence-electron chi connectivity index (χ1n) is 4.26. The number of hydrogen-bond acceptors (Lipinski definition) is 2. The van der Waals surface area contributed by atoms with Crippen LogP contribution in [0.4, 0.5) is 8.78 Å². The van der Waals surface area contributed by atoms with Crippen molar-refractivity contribution >= 4 is 0 Å². The van der Waals surface area contributed by atoms with Gasteiger partial charge in [-0.1, -0.05) is 6.07 Å². The van der Waals surface area contributed by atoms with Crippen molar-refractivity contribution in [1.29, 1.82) is 0 Å². The molecular weight excluding hydrogens is 188 g/mol. The Kier molecular flexibility index (Phi) is 3.41. The molecule has 2 nitrogen and oxygen atoms in total. The highest BCUT2D eigenvalue weighted by Crippen LogP contribution is 2.33. The number of aryl methyl sites for hydroxylation is 1. The highest BCUT2D eigenvalue weighted by molar-refractivity contribution is 5.46. The Balaban J connectivity index is 3.33. The molecule has 0 bridgehead atoms. The summed E-state index contributed by atoms with van der Waals surface area (Å²) in [6, 6.07) is 3.00. The monoisotopic (exact) mass is 201 g/mol. The molecule has 0 fully saturated rings. The average Bonchev–Trinajstić information content (AvgIpc) is 2.16. The summed E-state index contributed by atoms with van der Waals surface area (Å²) >= 11 is 0. The Bertz CT molecular complexity index is 326. The van der Waals surface area contributed by atoms with Crippen molar-refractivity contribution in [2.75, 3.05) is 7.11 Å². The Morgan fingerprint density at radius 3 is 2.50 bits per heavy atom. The van der Waals surface area contributed by atoms with Crippen molar-refractivity contribution in [3.05, 3.63) is 28.8 Å². The van der Waals surface area contributed by atoms with Gasteiger partial charge >= 0.3 is 0 Å². The van der Waals surface area contributed by atoms with Gasteiger partial charge in [-0.15, -0.1) is 0 Å². The maximum atomic E-state index is 12.5. The molecule has 0 spiro atoms. The van der Waals surface area contributed by atoms with Crippen LogP contribution in [0.2, 0.25) is 0 Å². The van der Waals surface area contributed by atoms with E-state index in [4.69, 9.17) is 10.5 Å². The van der Waals surface area contributed by atoms with E-state index in [1.54, 1.807) is 6.07 Å². The summed E-state index contributed by atoms with van der Waals surface area (Å²) < 4.78 is 30.0. The molecule has 0 saturated heterocycles. The summed E-state index contributed by atoms with van der Waals surface area (Å²) in [4.78, 5) is 0. The maximum Gasteiger partial charge on any atom is 0.267 e. The zero-order valence-corrected chi connectivity index (χ0v) is 8.18. The molecule has 0 aromatic heterocycles. The van der Waals surface area contributed by atoms with E-state index in [0.29, 0.717) is 5.56 Å². The fourth-order valence-corrected chi connectivity index (χ4v) is 1.41. The van der Waals surface area contributed by atoms with Crippen molar-refractivity contribution in [1.82, 2.24) is 0 Å². The number of rotatable bonds is 3. The van der Waals surface area contributed by atoms with Gasteiger partial charge in [-0.05, 0) is 18.6 Å². The van der Waals surface area contributed by atoms with Gasteiger partial charge in [0.15, 0.2) is 0 Å². The largest absolute Gasteiger partial charge is 0.496 e. The summed E-state index contributed by atoms with van der Waals surface area (Å²) in [5.41, 5.74) is 6.89. The molecule has 78 valence electrons. The first-order valence-corrected chi connectivity index (χ1v) is 4.26. The first-order chi connectivity index (χ1) is 6.61. The number of alkyl halides is 2. The van der Waals surface area contributed by atoms with Crippen LogP contribution in [0.15, 0.2) is 12.1 Å². The number of benzene rings is 1. The molecule has 0 amide bonds. The van der Waals surface area contributed by atoms with Gasteiger partial charge in [0.2, 0.25) is 0 Å². The van der Waals surface area contributed by atoms with Crippen molar-refractivity contribution in [2.24, 2.45) is 5.73 Å². The van der Waals surface area contributed by atoms with Crippen LogP contribution in [-0.4, -0.2) is 7.11 Å². The number of hydrogen-bond donors (Lipinski definition) is 1. The van der Waals surface area contributed by atoms with E-state index in [1.165, 1.54) is 13.2 Å². The Morgan fingerprint density at radius 1 is 1.43 bits per heavy atom. The zero-order chi connectivity index (χ0) is 10.7. The molecule has 4 heteroatoms. The van der Waals surface area contributed by atoms with E-state index in [2.05, 4.69) is 0 Å². The molecule has 1 rings (SSSR count). The Morgan fingerprint density at radius 2 is 2.07 bits per heavy atom. The Labute approximate surface area is 81.7 Å². The van der Waals surface area contributed by atoms with Gasteiger partial charge in [-0.3, -0.25) is 0 Å². The standard InChI is InChI=1S/C10H13F2NO/c1-6-3-4-7(10(11)12)9(14-2)8(6)5-13/h3-4,10H,5,13H2,1-2H3. The van der Waals surface area contributed by atoms with Crippen LogP contribution in [0.5, 0.6) is 5.75 Å². The van der Waals surface area contributed by atoms with Gasteiger partial charge in [0, 0.05) is 12.1 Å². The lowest BCUT2D eigenvalue weighted by atomic mass is 10.0. The highest BCUT2D eigenvalue weighted by Gasteiger charge is 2.17. The zero-order valence-electron chi connectivity index (χ0n) is 8.18. The lowest BCUT2D eigenvalue weighted by molar-refractivity contribution is 0.147. The van der Waals surface area contributed by atoms with Crippen molar-refractivity contribution in [3.63, 3.8) is 0 Å². The molecule has 0 aliphatic carbocycles. The lowest BCUT2D eigenvalue weighted by Gasteiger charge is -2.14. The molecule has 2 N–H and O–H groups in total. The van der Waals surface area contributed by atoms with Crippen LogP contribution in [0, 0.1) is 6.92 Å². The van der Waals surface area contributed by atoms with Crippen LogP contribution in [0.25, 0.3) is 0 Å². The fourth-order valence-electron chi connectivity index (χ4n) is 1.41. The summed E-state index contributed by atoms with van der Waals surface area (Å²) in [6.45, 7) is 2.02. The van der Waals surface area contributed by atoms with E-state index < -0.39 is 6.43 Å². The number of halogens is 2. The minimum Gasteiger partial charge on any atom is -0.496 e. The number of ether oxygens (including phenoxy) is 1. The van der Waals surface area contributed by atoms with Gasteiger partial charge in [0.1, 0.15) is 5.75 Å². The molecule has 0 heterocycles. The van der Waals surface area contributed by atoms with Crippen LogP contribution < -0.4 is 10.5 Å². The van der Waals surface area contributed by atoms with Crippen molar-refractivity contribution < 1.29 is 13.5 Å². The minimum absolute atomic E-state index is 0.0986. The lowest BCUT2D eigenvalue weighted by Crippen LogP contribution is -2.05. The van der Waals surface area contributed by atoms with Crippen LogP contribution in [0.3, 0.4) is 0 Å². The second-order valence-corrected chi connectivity index (χ2v) is 2.99. The number of nitrogens with two attached hydrogens (primary N) is 1. The molecule has 14 heavy (non-hydrogen) atoms. The molecular formula is C10H13F2NO. The third kappa shape index (κ3) is 1.85. The SMILES string of the molecule is COc1c(C(F)F)ccc(C)c1CN. The van der Waals surface area contributed by atoms with E-state index in [1.807, 2.05) is 6.92 Å². The van der Waals surface area contributed by atoms with Gasteiger partial charge in [0.05, 0.1) is 12.7 Å². The molecule has 0 radical (unpaired) electrons. The molecule has 0 saturated carbocycles. The van der Waals surface area contributed by atoms with Gasteiger partial charge in [-0.2, -0.15) is 0 Å². The third-order valence-electron chi connectivity index (χ3n) is 2.17. The van der Waals surface area contributed by atoms with Crippen LogP contribution >= 0.6 is 0 Å². The smallest absolute Gasteiger partial charge is 0.267 e. The van der Waals surface area contributed by atoms with E-state index in [9.17, 15) is 8.78 Å². The van der Waals surface area contributed by atoms with Crippen molar-refractivity contribution in [3.8, 4) is 5.75 Å². The Hall–Kier alpha value is -1.16. The quantitative estimate of drug-likeness (QED) is 0.815. The summed E-state index contributed by atoms with van der Waals surface area (Å²) in [5, 5.41) is 0. The molecule has 0 unspecified atom stereocenters. The molecule has 1 aromatic carbocycles. The van der Waals surface area contributed by atoms with E-state index >= 15 is 0 Å². The van der Waals surface area contributed by atoms with E-state index in [0.717, 1.165) is 5.56 Å². The van der Waals surface area contributed by atoms with Gasteiger partial charge in [-0.25, -0.2) is 8.78 Å². The maximum absolute atomic E-state index is 12.5. The third-order valence-corrected chi connectivity index (χ3v) is 2.17. The summed E-state index contributed by atoms with van der Waals surface area (Å²) in [5.74, 6) is 0.211. The first kappa shape index (κ1) is 10.9. The molecule has 0 aliphatic rings. The topological polar surface area (TPSA) is 35.2 Å².